The number of carbonyl (C=O) groups excluding carboxylic acids is 2. The molecule has 0 bridgehead atoms. The van der Waals surface area contributed by atoms with Crippen LogP contribution in [0, 0.1) is 25.2 Å². The molecule has 2 aromatic rings. The highest BCUT2D eigenvalue weighted by Crippen LogP contribution is 2.38. The topological polar surface area (TPSA) is 66.6 Å². The molecular formula is C32H43Cl2N3O2. The predicted molar refractivity (Wildman–Crippen MR) is 160 cm³/mol. The van der Waals surface area contributed by atoms with Gasteiger partial charge in [-0.05, 0) is 88.2 Å². The Bertz CT molecular complexity index is 1170. The second kappa shape index (κ2) is 12.6. The first-order valence-electron chi connectivity index (χ1n) is 14.3. The van der Waals surface area contributed by atoms with Gasteiger partial charge in [-0.1, -0.05) is 72.4 Å². The molecule has 0 spiro atoms. The maximum Gasteiger partial charge on any atom is 0.227 e. The van der Waals surface area contributed by atoms with Crippen LogP contribution in [0.25, 0.3) is 0 Å². The third-order valence-electron chi connectivity index (χ3n) is 9.09. The molecule has 0 radical (unpaired) electrons. The summed E-state index contributed by atoms with van der Waals surface area (Å²) in [4.78, 5) is 30.4. The quantitative estimate of drug-likeness (QED) is 0.391. The van der Waals surface area contributed by atoms with Crippen molar-refractivity contribution in [2.75, 3.05) is 26.2 Å². The number of rotatable bonds is 8. The van der Waals surface area contributed by atoms with Crippen molar-refractivity contribution >= 4 is 35.0 Å². The minimum atomic E-state index is -0.480. The Labute approximate surface area is 244 Å². The molecule has 5 nitrogen and oxygen atoms in total. The van der Waals surface area contributed by atoms with E-state index in [2.05, 4.69) is 47.9 Å². The van der Waals surface area contributed by atoms with Crippen LogP contribution in [-0.2, 0) is 16.0 Å². The van der Waals surface area contributed by atoms with Crippen molar-refractivity contribution in [3.8, 4) is 0 Å². The number of nitrogens with zero attached hydrogens (tertiary/aromatic N) is 2. The highest BCUT2D eigenvalue weighted by atomic mass is 35.5. The summed E-state index contributed by atoms with van der Waals surface area (Å²) in [5, 5.41) is 1.11. The number of halogens is 2. The van der Waals surface area contributed by atoms with E-state index < -0.39 is 5.41 Å². The van der Waals surface area contributed by atoms with Gasteiger partial charge in [0.15, 0.2) is 0 Å². The Morgan fingerprint density at radius 3 is 2.23 bits per heavy atom. The number of hydrogen-bond acceptors (Lipinski definition) is 3. The van der Waals surface area contributed by atoms with Crippen molar-refractivity contribution in [2.24, 2.45) is 17.1 Å². The molecule has 2 aliphatic heterocycles. The molecular weight excluding hydrogens is 529 g/mol. The van der Waals surface area contributed by atoms with Gasteiger partial charge in [0.1, 0.15) is 0 Å². The van der Waals surface area contributed by atoms with E-state index in [1.54, 1.807) is 0 Å². The Hall–Kier alpha value is -2.08. The number of carbonyl (C=O) groups is 2. The summed E-state index contributed by atoms with van der Waals surface area (Å²) in [6, 6.07) is 12.4. The molecule has 2 atom stereocenters. The third kappa shape index (κ3) is 7.17. The second-order valence-corrected chi connectivity index (χ2v) is 13.1. The molecule has 2 amide bonds. The SMILES string of the molecule is Cc1cc(C)cc(CC(=O)N2CCCC(c3ccc(Cl)c(Cl)c3)C2CCN2CCC(C(C)(C)C(N)=O)CC2)c1. The van der Waals surface area contributed by atoms with Crippen molar-refractivity contribution in [3.63, 3.8) is 0 Å². The normalized spacial score (nSPS) is 21.2. The molecule has 2 N–H and O–H groups in total. The zero-order valence-corrected chi connectivity index (χ0v) is 25.3. The molecule has 212 valence electrons. The highest BCUT2D eigenvalue weighted by molar-refractivity contribution is 6.42. The molecule has 4 rings (SSSR count). The molecule has 2 aliphatic rings. The summed E-state index contributed by atoms with van der Waals surface area (Å²) in [7, 11) is 0. The number of hydrogen-bond donors (Lipinski definition) is 1. The fourth-order valence-corrected chi connectivity index (χ4v) is 7.00. The number of benzene rings is 2. The average molecular weight is 573 g/mol. The van der Waals surface area contributed by atoms with Crippen molar-refractivity contribution in [3.05, 3.63) is 68.7 Å². The lowest BCUT2D eigenvalue weighted by atomic mass is 9.73. The zero-order valence-electron chi connectivity index (χ0n) is 23.8. The monoisotopic (exact) mass is 571 g/mol. The van der Waals surface area contributed by atoms with E-state index in [0.717, 1.165) is 69.4 Å². The highest BCUT2D eigenvalue weighted by Gasteiger charge is 2.38. The fraction of sp³-hybridized carbons (Fsp3) is 0.562. The van der Waals surface area contributed by atoms with E-state index in [4.69, 9.17) is 28.9 Å². The minimum absolute atomic E-state index is 0.0918. The van der Waals surface area contributed by atoms with E-state index in [0.29, 0.717) is 22.4 Å². The average Bonchev–Trinajstić information content (AvgIpc) is 2.88. The van der Waals surface area contributed by atoms with Gasteiger partial charge >= 0.3 is 0 Å². The first kappa shape index (κ1) is 29.9. The molecule has 0 aliphatic carbocycles. The molecule has 2 saturated heterocycles. The van der Waals surface area contributed by atoms with Gasteiger partial charge in [0, 0.05) is 30.5 Å². The predicted octanol–water partition coefficient (Wildman–Crippen LogP) is 6.54. The third-order valence-corrected chi connectivity index (χ3v) is 9.83. The lowest BCUT2D eigenvalue weighted by molar-refractivity contribution is -0.135. The largest absolute Gasteiger partial charge is 0.369 e. The molecule has 0 saturated carbocycles. The van der Waals surface area contributed by atoms with Gasteiger partial charge in [-0.15, -0.1) is 0 Å². The van der Waals surface area contributed by atoms with Gasteiger partial charge in [-0.25, -0.2) is 0 Å². The maximum atomic E-state index is 13.8. The van der Waals surface area contributed by atoms with Crippen LogP contribution in [0.1, 0.15) is 74.1 Å². The lowest BCUT2D eigenvalue weighted by Gasteiger charge is -2.44. The van der Waals surface area contributed by atoms with Crippen LogP contribution >= 0.6 is 23.2 Å². The summed E-state index contributed by atoms with van der Waals surface area (Å²) in [5.74, 6) is 0.492. The van der Waals surface area contributed by atoms with E-state index in [1.165, 1.54) is 11.1 Å². The van der Waals surface area contributed by atoms with Crippen molar-refractivity contribution < 1.29 is 9.59 Å². The molecule has 7 heteroatoms. The van der Waals surface area contributed by atoms with Crippen LogP contribution in [0.5, 0.6) is 0 Å². The van der Waals surface area contributed by atoms with Gasteiger partial charge in [0.2, 0.25) is 11.8 Å². The summed E-state index contributed by atoms with van der Waals surface area (Å²) in [5.41, 5.74) is 9.81. The lowest BCUT2D eigenvalue weighted by Crippen LogP contribution is -2.50. The van der Waals surface area contributed by atoms with Crippen molar-refractivity contribution in [2.45, 2.75) is 78.2 Å². The standard InChI is InChI=1S/C32H43Cl2N3O2/c1-21-16-22(2)18-23(17-21)19-30(38)37-12-5-6-26(24-7-8-27(33)28(34)20-24)29(37)11-15-36-13-9-25(10-14-36)32(3,4)31(35)39/h7-8,16-18,20,25-26,29H,5-6,9-15,19H2,1-4H3,(H2,35,39). The minimum Gasteiger partial charge on any atom is -0.369 e. The number of primary amides is 1. The number of piperidine rings is 2. The van der Waals surface area contributed by atoms with Gasteiger partial charge in [-0.3, -0.25) is 9.59 Å². The molecule has 2 fully saturated rings. The summed E-state index contributed by atoms with van der Waals surface area (Å²) < 4.78 is 0. The molecule has 2 unspecified atom stereocenters. The summed E-state index contributed by atoms with van der Waals surface area (Å²) in [6.07, 6.45) is 5.23. The summed E-state index contributed by atoms with van der Waals surface area (Å²) in [6.45, 7) is 11.7. The number of likely N-dealkylation sites (tertiary alicyclic amines) is 2. The maximum absolute atomic E-state index is 13.8. The molecule has 39 heavy (non-hydrogen) atoms. The van der Waals surface area contributed by atoms with Crippen molar-refractivity contribution in [1.29, 1.82) is 0 Å². The smallest absolute Gasteiger partial charge is 0.227 e. The van der Waals surface area contributed by atoms with Crippen LogP contribution in [0.3, 0.4) is 0 Å². The Morgan fingerprint density at radius 1 is 0.949 bits per heavy atom. The van der Waals surface area contributed by atoms with Crippen LogP contribution in [0.2, 0.25) is 10.0 Å². The van der Waals surface area contributed by atoms with E-state index in [1.807, 2.05) is 26.0 Å². The fourth-order valence-electron chi connectivity index (χ4n) is 6.70. The number of nitrogens with two attached hydrogens (primary N) is 1. The van der Waals surface area contributed by atoms with Gasteiger partial charge < -0.3 is 15.5 Å². The second-order valence-electron chi connectivity index (χ2n) is 12.2. The Morgan fingerprint density at radius 2 is 1.62 bits per heavy atom. The van der Waals surface area contributed by atoms with Gasteiger partial charge in [0.25, 0.3) is 0 Å². The zero-order chi connectivity index (χ0) is 28.3. The van der Waals surface area contributed by atoms with E-state index in [-0.39, 0.29) is 23.8 Å². The van der Waals surface area contributed by atoms with Crippen LogP contribution in [0.15, 0.2) is 36.4 Å². The van der Waals surface area contributed by atoms with E-state index >= 15 is 0 Å². The Balaban J connectivity index is 1.51. The Kier molecular flexibility index (Phi) is 9.67. The van der Waals surface area contributed by atoms with Crippen LogP contribution < -0.4 is 5.73 Å². The van der Waals surface area contributed by atoms with Crippen LogP contribution in [-0.4, -0.2) is 53.8 Å². The first-order valence-corrected chi connectivity index (χ1v) is 15.0. The molecule has 2 heterocycles. The number of aryl methyl sites for hydroxylation is 2. The van der Waals surface area contributed by atoms with Gasteiger partial charge in [0.05, 0.1) is 16.5 Å². The van der Waals surface area contributed by atoms with E-state index in [9.17, 15) is 9.59 Å². The van der Waals surface area contributed by atoms with Crippen molar-refractivity contribution in [1.82, 2.24) is 9.80 Å². The summed E-state index contributed by atoms with van der Waals surface area (Å²) >= 11 is 12.7. The number of amides is 2. The molecule has 2 aromatic carbocycles. The molecule has 0 aromatic heterocycles. The van der Waals surface area contributed by atoms with Gasteiger partial charge in [-0.2, -0.15) is 0 Å². The van der Waals surface area contributed by atoms with Crippen LogP contribution in [0.4, 0.5) is 0 Å². The first-order chi connectivity index (χ1) is 18.5.